The van der Waals surface area contributed by atoms with Gasteiger partial charge in [0.05, 0.1) is 17.7 Å². The average Bonchev–Trinajstić information content (AvgIpc) is 2.29. The lowest BCUT2D eigenvalue weighted by atomic mass is 10.1. The van der Waals surface area contributed by atoms with E-state index in [-0.39, 0.29) is 12.1 Å². The van der Waals surface area contributed by atoms with Crippen molar-refractivity contribution in [3.63, 3.8) is 0 Å². The highest BCUT2D eigenvalue weighted by Gasteiger charge is 2.07. The van der Waals surface area contributed by atoms with E-state index in [1.54, 1.807) is 6.92 Å². The van der Waals surface area contributed by atoms with Crippen molar-refractivity contribution in [3.05, 3.63) is 28.8 Å². The van der Waals surface area contributed by atoms with E-state index < -0.39 is 0 Å². The predicted octanol–water partition coefficient (Wildman–Crippen LogP) is 2.77. The fraction of sp³-hybridized carbons (Fsp3) is 0.538. The second-order valence-corrected chi connectivity index (χ2v) is 4.59. The normalized spacial score (nSPS) is 14.4. The maximum absolute atomic E-state index is 9.13. The van der Waals surface area contributed by atoms with Gasteiger partial charge in [0.25, 0.3) is 0 Å². The van der Waals surface area contributed by atoms with E-state index in [0.29, 0.717) is 23.8 Å². The van der Waals surface area contributed by atoms with Crippen LogP contribution in [0.5, 0.6) is 5.75 Å². The molecule has 0 heterocycles. The van der Waals surface area contributed by atoms with Crippen LogP contribution in [0.1, 0.15) is 31.9 Å². The van der Waals surface area contributed by atoms with Gasteiger partial charge in [0.15, 0.2) is 0 Å². The molecule has 0 fully saturated rings. The summed E-state index contributed by atoms with van der Waals surface area (Å²) < 4.78 is 5.50. The molecule has 1 aromatic rings. The van der Waals surface area contributed by atoms with E-state index in [9.17, 15) is 0 Å². The summed E-state index contributed by atoms with van der Waals surface area (Å²) in [6, 6.07) is 6.03. The molecule has 0 aromatic heterocycles. The van der Waals surface area contributed by atoms with Gasteiger partial charge in [-0.25, -0.2) is 0 Å². The Morgan fingerprint density at radius 3 is 2.65 bits per heavy atom. The van der Waals surface area contributed by atoms with Crippen LogP contribution in [0, 0.1) is 0 Å². The first-order chi connectivity index (χ1) is 8.04. The number of halogens is 1. The fourth-order valence-corrected chi connectivity index (χ4v) is 1.65. The monoisotopic (exact) mass is 257 g/mol. The molecule has 1 rings (SSSR count). The molecule has 0 bridgehead atoms. The second-order valence-electron chi connectivity index (χ2n) is 4.19. The number of ether oxygens (including phenoxy) is 1. The van der Waals surface area contributed by atoms with Gasteiger partial charge in [-0.15, -0.1) is 0 Å². The number of aliphatic hydroxyl groups is 1. The maximum Gasteiger partial charge on any atom is 0.137 e. The molecular formula is C13H20ClNO2. The molecule has 1 aromatic carbocycles. The lowest BCUT2D eigenvalue weighted by molar-refractivity contribution is 0.155. The predicted molar refractivity (Wildman–Crippen MR) is 70.7 cm³/mol. The summed E-state index contributed by atoms with van der Waals surface area (Å²) in [5.41, 5.74) is 1.13. The zero-order valence-corrected chi connectivity index (χ0v) is 11.3. The smallest absolute Gasteiger partial charge is 0.137 e. The molecule has 0 aliphatic heterocycles. The van der Waals surface area contributed by atoms with Crippen LogP contribution in [0.3, 0.4) is 0 Å². The molecule has 96 valence electrons. The number of nitrogens with one attached hydrogen (secondary N) is 1. The lowest BCUT2D eigenvalue weighted by Crippen LogP contribution is -2.12. The van der Waals surface area contributed by atoms with Crippen molar-refractivity contribution in [1.29, 1.82) is 0 Å². The number of rotatable bonds is 6. The molecule has 0 aliphatic carbocycles. The molecule has 0 radical (unpaired) electrons. The molecule has 4 heteroatoms. The Morgan fingerprint density at radius 2 is 2.12 bits per heavy atom. The number of aliphatic hydroxyl groups excluding tert-OH is 1. The SMILES string of the molecule is CNC(C)c1ccc(OCCC(C)O)c(Cl)c1. The van der Waals surface area contributed by atoms with Crippen LogP contribution in [-0.2, 0) is 0 Å². The third kappa shape index (κ3) is 4.54. The van der Waals surface area contributed by atoms with Crippen molar-refractivity contribution < 1.29 is 9.84 Å². The van der Waals surface area contributed by atoms with Crippen molar-refractivity contribution in [1.82, 2.24) is 5.32 Å². The molecule has 17 heavy (non-hydrogen) atoms. The van der Waals surface area contributed by atoms with Crippen molar-refractivity contribution in [2.75, 3.05) is 13.7 Å². The van der Waals surface area contributed by atoms with Gasteiger partial charge in [-0.2, -0.15) is 0 Å². The van der Waals surface area contributed by atoms with Gasteiger partial charge in [-0.05, 0) is 38.6 Å². The molecule has 2 unspecified atom stereocenters. The van der Waals surface area contributed by atoms with Gasteiger partial charge in [0.1, 0.15) is 5.75 Å². The van der Waals surface area contributed by atoms with Crippen LogP contribution < -0.4 is 10.1 Å². The molecule has 2 N–H and O–H groups in total. The van der Waals surface area contributed by atoms with Crippen LogP contribution in [0.15, 0.2) is 18.2 Å². The van der Waals surface area contributed by atoms with E-state index in [2.05, 4.69) is 12.2 Å². The maximum atomic E-state index is 9.13. The third-order valence-electron chi connectivity index (χ3n) is 2.68. The molecular weight excluding hydrogens is 238 g/mol. The highest BCUT2D eigenvalue weighted by Crippen LogP contribution is 2.27. The molecule has 0 saturated heterocycles. The van der Waals surface area contributed by atoms with Crippen molar-refractivity contribution in [3.8, 4) is 5.75 Å². The largest absolute Gasteiger partial charge is 0.492 e. The molecule has 2 atom stereocenters. The van der Waals surface area contributed by atoms with E-state index in [1.807, 2.05) is 25.2 Å². The number of hydrogen-bond acceptors (Lipinski definition) is 3. The summed E-state index contributed by atoms with van der Waals surface area (Å²) in [5, 5.41) is 12.9. The van der Waals surface area contributed by atoms with Crippen LogP contribution in [0.4, 0.5) is 0 Å². The number of benzene rings is 1. The van der Waals surface area contributed by atoms with Crippen LogP contribution in [0.2, 0.25) is 5.02 Å². The average molecular weight is 258 g/mol. The van der Waals surface area contributed by atoms with Gasteiger partial charge in [0, 0.05) is 12.5 Å². The van der Waals surface area contributed by atoms with Crippen LogP contribution in [0.25, 0.3) is 0 Å². The first kappa shape index (κ1) is 14.3. The molecule has 0 spiro atoms. The Hall–Kier alpha value is -0.770. The van der Waals surface area contributed by atoms with Crippen LogP contribution >= 0.6 is 11.6 Å². The Labute approximate surface area is 108 Å². The van der Waals surface area contributed by atoms with E-state index in [4.69, 9.17) is 21.4 Å². The zero-order valence-electron chi connectivity index (χ0n) is 10.5. The Balaban J connectivity index is 2.63. The summed E-state index contributed by atoms with van der Waals surface area (Å²) in [6.45, 7) is 4.28. The standard InChI is InChI=1S/C13H20ClNO2/c1-9(16)6-7-17-13-5-4-11(8-12(13)14)10(2)15-3/h4-5,8-10,15-16H,6-7H2,1-3H3. The molecule has 0 saturated carbocycles. The van der Waals surface area contributed by atoms with Gasteiger partial charge >= 0.3 is 0 Å². The van der Waals surface area contributed by atoms with Crippen molar-refractivity contribution in [2.24, 2.45) is 0 Å². The number of hydrogen-bond donors (Lipinski definition) is 2. The van der Waals surface area contributed by atoms with E-state index in [0.717, 1.165) is 5.56 Å². The topological polar surface area (TPSA) is 41.5 Å². The first-order valence-corrected chi connectivity index (χ1v) is 6.20. The Bertz CT molecular complexity index is 355. The van der Waals surface area contributed by atoms with Crippen LogP contribution in [-0.4, -0.2) is 24.9 Å². The highest BCUT2D eigenvalue weighted by molar-refractivity contribution is 6.32. The minimum Gasteiger partial charge on any atom is -0.492 e. The zero-order chi connectivity index (χ0) is 12.8. The van der Waals surface area contributed by atoms with E-state index in [1.165, 1.54) is 0 Å². The summed E-state index contributed by atoms with van der Waals surface area (Å²) in [4.78, 5) is 0. The second kappa shape index (κ2) is 6.84. The van der Waals surface area contributed by atoms with Gasteiger partial charge < -0.3 is 15.2 Å². The molecule has 3 nitrogen and oxygen atoms in total. The summed E-state index contributed by atoms with van der Waals surface area (Å²) in [7, 11) is 1.91. The molecule has 0 aliphatic rings. The van der Waals surface area contributed by atoms with Gasteiger partial charge in [0.2, 0.25) is 0 Å². The first-order valence-electron chi connectivity index (χ1n) is 5.82. The van der Waals surface area contributed by atoms with E-state index >= 15 is 0 Å². The summed E-state index contributed by atoms with van der Waals surface area (Å²) in [5.74, 6) is 0.666. The lowest BCUT2D eigenvalue weighted by Gasteiger charge is -2.14. The quantitative estimate of drug-likeness (QED) is 0.824. The Morgan fingerprint density at radius 1 is 1.41 bits per heavy atom. The highest BCUT2D eigenvalue weighted by atomic mass is 35.5. The summed E-state index contributed by atoms with van der Waals surface area (Å²) >= 11 is 6.13. The van der Waals surface area contributed by atoms with Gasteiger partial charge in [-0.1, -0.05) is 17.7 Å². The Kier molecular flexibility index (Phi) is 5.75. The minimum atomic E-state index is -0.350. The van der Waals surface area contributed by atoms with Gasteiger partial charge in [-0.3, -0.25) is 0 Å². The summed E-state index contributed by atoms with van der Waals surface area (Å²) in [6.07, 6.45) is 0.253. The van der Waals surface area contributed by atoms with Crippen molar-refractivity contribution >= 4 is 11.6 Å². The third-order valence-corrected chi connectivity index (χ3v) is 2.98. The fourth-order valence-electron chi connectivity index (χ4n) is 1.41. The van der Waals surface area contributed by atoms with Crippen molar-refractivity contribution in [2.45, 2.75) is 32.4 Å². The molecule has 0 amide bonds. The minimum absolute atomic E-state index is 0.263.